The maximum atomic E-state index is 13.9. The second-order valence-electron chi connectivity index (χ2n) is 12.9. The lowest BCUT2D eigenvalue weighted by Gasteiger charge is -2.28. The van der Waals surface area contributed by atoms with Crippen molar-refractivity contribution in [2.75, 3.05) is 6.61 Å². The zero-order valence-corrected chi connectivity index (χ0v) is 29.0. The van der Waals surface area contributed by atoms with Gasteiger partial charge in [-0.2, -0.15) is 0 Å². The average Bonchev–Trinajstić information content (AvgIpc) is 3.06. The SMILES string of the molecule is CCCCCCCCCCCCOc1ccc(C(=O)Oc2ccc(CC[C@H]3CC[C@H](OC(=O)[C@@H](F)CCCC)CC3)cc2)c(Cl)c1. The van der Waals surface area contributed by atoms with Crippen molar-refractivity contribution in [1.29, 1.82) is 0 Å². The number of esters is 2. The molecular weight excluding hydrogens is 603 g/mol. The zero-order chi connectivity index (χ0) is 33.0. The molecular formula is C39H56ClFO5. The van der Waals surface area contributed by atoms with E-state index in [1.165, 1.54) is 56.9 Å². The topological polar surface area (TPSA) is 61.8 Å². The van der Waals surface area contributed by atoms with Gasteiger partial charge in [-0.1, -0.05) is 108 Å². The highest BCUT2D eigenvalue weighted by Gasteiger charge is 2.27. The quantitative estimate of drug-likeness (QED) is 0.0715. The summed E-state index contributed by atoms with van der Waals surface area (Å²) in [4.78, 5) is 24.8. The van der Waals surface area contributed by atoms with E-state index in [0.29, 0.717) is 41.0 Å². The summed E-state index contributed by atoms with van der Waals surface area (Å²) in [5.41, 5.74) is 1.48. The molecule has 1 aliphatic carbocycles. The number of alkyl halides is 1. The van der Waals surface area contributed by atoms with E-state index in [9.17, 15) is 14.0 Å². The second-order valence-corrected chi connectivity index (χ2v) is 13.3. The maximum absolute atomic E-state index is 13.9. The molecule has 0 spiro atoms. The van der Waals surface area contributed by atoms with Crippen LogP contribution in [0.1, 0.15) is 145 Å². The molecule has 256 valence electrons. The molecule has 1 atom stereocenters. The Hall–Kier alpha value is -2.60. The van der Waals surface area contributed by atoms with Gasteiger partial charge in [0.05, 0.1) is 17.2 Å². The molecule has 1 fully saturated rings. The molecule has 3 rings (SSSR count). The van der Waals surface area contributed by atoms with Crippen LogP contribution in [0.15, 0.2) is 42.5 Å². The van der Waals surface area contributed by atoms with E-state index < -0.39 is 18.1 Å². The van der Waals surface area contributed by atoms with E-state index in [1.54, 1.807) is 18.2 Å². The summed E-state index contributed by atoms with van der Waals surface area (Å²) in [6.45, 7) is 4.87. The van der Waals surface area contributed by atoms with Gasteiger partial charge in [0.1, 0.15) is 17.6 Å². The molecule has 5 nitrogen and oxygen atoms in total. The number of unbranched alkanes of at least 4 members (excludes halogenated alkanes) is 10. The summed E-state index contributed by atoms with van der Waals surface area (Å²) in [6.07, 6.45) is 18.4. The number of carbonyl (C=O) groups excluding carboxylic acids is 2. The molecule has 1 saturated carbocycles. The Bertz CT molecular complexity index is 1150. The van der Waals surface area contributed by atoms with Crippen LogP contribution < -0.4 is 9.47 Å². The third-order valence-electron chi connectivity index (χ3n) is 9.05. The first-order valence-corrected chi connectivity index (χ1v) is 18.3. The predicted molar refractivity (Wildman–Crippen MR) is 185 cm³/mol. The molecule has 0 aliphatic heterocycles. The fourth-order valence-corrected chi connectivity index (χ4v) is 6.31. The van der Waals surface area contributed by atoms with Gasteiger partial charge in [-0.15, -0.1) is 0 Å². The number of aryl methyl sites for hydroxylation is 1. The third-order valence-corrected chi connectivity index (χ3v) is 9.36. The Balaban J connectivity index is 1.30. The summed E-state index contributed by atoms with van der Waals surface area (Å²) in [5.74, 6) is 0.491. The van der Waals surface area contributed by atoms with E-state index in [-0.39, 0.29) is 12.5 Å². The maximum Gasteiger partial charge on any atom is 0.345 e. The lowest BCUT2D eigenvalue weighted by Crippen LogP contribution is -2.29. The molecule has 0 unspecified atom stereocenters. The molecule has 0 aromatic heterocycles. The Kier molecular flexibility index (Phi) is 18.2. The molecule has 0 heterocycles. The normalized spacial score (nSPS) is 17.0. The molecule has 7 heteroatoms. The number of benzene rings is 2. The number of hydrogen-bond acceptors (Lipinski definition) is 5. The van der Waals surface area contributed by atoms with Gasteiger partial charge in [0.2, 0.25) is 0 Å². The van der Waals surface area contributed by atoms with Gasteiger partial charge >= 0.3 is 11.9 Å². The van der Waals surface area contributed by atoms with Gasteiger partial charge in [-0.05, 0) is 93.2 Å². The van der Waals surface area contributed by atoms with Gasteiger partial charge < -0.3 is 14.2 Å². The Labute approximate surface area is 281 Å². The summed E-state index contributed by atoms with van der Waals surface area (Å²) < 4.78 is 30.8. The van der Waals surface area contributed by atoms with E-state index in [4.69, 9.17) is 25.8 Å². The van der Waals surface area contributed by atoms with Crippen LogP contribution in [0.5, 0.6) is 11.5 Å². The highest BCUT2D eigenvalue weighted by atomic mass is 35.5. The molecule has 0 saturated heterocycles. The van der Waals surface area contributed by atoms with Crippen LogP contribution in [0.25, 0.3) is 0 Å². The first-order valence-electron chi connectivity index (χ1n) is 18.0. The van der Waals surface area contributed by atoms with Gasteiger partial charge in [0.15, 0.2) is 6.17 Å². The van der Waals surface area contributed by atoms with Crippen LogP contribution in [0, 0.1) is 5.92 Å². The smallest absolute Gasteiger partial charge is 0.345 e. The van der Waals surface area contributed by atoms with Crippen molar-refractivity contribution >= 4 is 23.5 Å². The predicted octanol–water partition coefficient (Wildman–Crippen LogP) is 11.4. The number of rotatable bonds is 22. The second kappa shape index (κ2) is 22.1. The summed E-state index contributed by atoms with van der Waals surface area (Å²) in [6, 6.07) is 12.7. The minimum atomic E-state index is -1.50. The minimum absolute atomic E-state index is 0.163. The molecule has 0 amide bonds. The van der Waals surface area contributed by atoms with Gasteiger partial charge in [0, 0.05) is 0 Å². The van der Waals surface area contributed by atoms with Crippen molar-refractivity contribution in [1.82, 2.24) is 0 Å². The number of halogens is 2. The summed E-state index contributed by atoms with van der Waals surface area (Å²) >= 11 is 6.42. The van der Waals surface area contributed by atoms with E-state index in [0.717, 1.165) is 57.8 Å². The van der Waals surface area contributed by atoms with E-state index >= 15 is 0 Å². The molecule has 2 aromatic carbocycles. The Morgan fingerprint density at radius 2 is 1.41 bits per heavy atom. The number of carbonyl (C=O) groups is 2. The molecule has 1 aliphatic rings. The fourth-order valence-electron chi connectivity index (χ4n) is 6.07. The molecule has 46 heavy (non-hydrogen) atoms. The first kappa shape index (κ1) is 37.9. The molecule has 0 N–H and O–H groups in total. The van der Waals surface area contributed by atoms with Gasteiger partial charge in [0.25, 0.3) is 0 Å². The molecule has 2 aromatic rings. The third kappa shape index (κ3) is 14.4. The van der Waals surface area contributed by atoms with Gasteiger partial charge in [-0.3, -0.25) is 0 Å². The summed E-state index contributed by atoms with van der Waals surface area (Å²) in [5, 5.41) is 0.313. The van der Waals surface area contributed by atoms with Crippen LogP contribution in [0.4, 0.5) is 4.39 Å². The van der Waals surface area contributed by atoms with Crippen molar-refractivity contribution in [2.24, 2.45) is 5.92 Å². The van der Waals surface area contributed by atoms with Crippen molar-refractivity contribution < 1.29 is 28.2 Å². The van der Waals surface area contributed by atoms with Crippen LogP contribution in [-0.4, -0.2) is 30.8 Å². The minimum Gasteiger partial charge on any atom is -0.494 e. The van der Waals surface area contributed by atoms with Crippen LogP contribution >= 0.6 is 11.6 Å². The first-order chi connectivity index (χ1) is 22.4. The number of ether oxygens (including phenoxy) is 3. The van der Waals surface area contributed by atoms with Crippen LogP contribution in [0.3, 0.4) is 0 Å². The van der Waals surface area contributed by atoms with Crippen molar-refractivity contribution in [3.05, 3.63) is 58.6 Å². The highest BCUT2D eigenvalue weighted by molar-refractivity contribution is 6.33. The number of hydrogen-bond donors (Lipinski definition) is 0. The lowest BCUT2D eigenvalue weighted by atomic mass is 9.83. The lowest BCUT2D eigenvalue weighted by molar-refractivity contribution is -0.157. The molecule has 0 bridgehead atoms. The van der Waals surface area contributed by atoms with Crippen molar-refractivity contribution in [3.8, 4) is 11.5 Å². The average molecular weight is 659 g/mol. The van der Waals surface area contributed by atoms with Gasteiger partial charge in [-0.25, -0.2) is 14.0 Å². The highest BCUT2D eigenvalue weighted by Crippen LogP contribution is 2.31. The largest absolute Gasteiger partial charge is 0.494 e. The van der Waals surface area contributed by atoms with Crippen LogP contribution in [0.2, 0.25) is 5.02 Å². The fraction of sp³-hybridized carbons (Fsp3) is 0.641. The summed E-state index contributed by atoms with van der Waals surface area (Å²) in [7, 11) is 0. The van der Waals surface area contributed by atoms with E-state index in [1.807, 2.05) is 31.2 Å². The zero-order valence-electron chi connectivity index (χ0n) is 28.2. The monoisotopic (exact) mass is 658 g/mol. The van der Waals surface area contributed by atoms with Crippen molar-refractivity contribution in [2.45, 2.75) is 148 Å². The Morgan fingerprint density at radius 3 is 2.04 bits per heavy atom. The molecule has 0 radical (unpaired) electrons. The standard InChI is InChI=1S/C39H56ClFO5/c1-3-5-7-8-9-10-11-12-13-14-28-44-34-26-27-35(36(40)29-34)38(42)45-32-22-18-30(19-23-32)16-17-31-20-24-33(25-21-31)46-39(43)37(41)15-6-4-2/h18-19,22-23,26-27,29,31,33,37H,3-17,20-21,24-25,28H2,1-2H3/t31-,33-,37-/m0/s1. The van der Waals surface area contributed by atoms with Crippen LogP contribution in [-0.2, 0) is 16.0 Å². The van der Waals surface area contributed by atoms with E-state index in [2.05, 4.69) is 6.92 Å². The van der Waals surface area contributed by atoms with Crippen molar-refractivity contribution in [3.63, 3.8) is 0 Å². The Morgan fingerprint density at radius 1 is 0.804 bits per heavy atom.